The van der Waals surface area contributed by atoms with E-state index in [0.29, 0.717) is 59.9 Å². The van der Waals surface area contributed by atoms with E-state index in [9.17, 15) is 9.18 Å². The van der Waals surface area contributed by atoms with Gasteiger partial charge in [0.15, 0.2) is 0 Å². The van der Waals surface area contributed by atoms with Crippen LogP contribution >= 0.6 is 22.7 Å². The highest BCUT2D eigenvalue weighted by Gasteiger charge is 2.25. The minimum absolute atomic E-state index is 0.0717. The Morgan fingerprint density at radius 1 is 1.13 bits per heavy atom. The molecular formula is C21H18FN5O2S2. The lowest BCUT2D eigenvalue weighted by Gasteiger charge is -2.33. The number of thiazole rings is 1. The van der Waals surface area contributed by atoms with Gasteiger partial charge in [0.1, 0.15) is 15.7 Å². The monoisotopic (exact) mass is 455 g/mol. The van der Waals surface area contributed by atoms with E-state index in [1.54, 1.807) is 34.4 Å². The number of carbonyl (C=O) groups is 1. The predicted octanol–water partition coefficient (Wildman–Crippen LogP) is 4.02. The second kappa shape index (κ2) is 8.66. The lowest BCUT2D eigenvalue weighted by Crippen LogP contribution is -2.48. The molecular weight excluding hydrogens is 437 g/mol. The number of aromatic nitrogens is 3. The first-order chi connectivity index (χ1) is 15.2. The van der Waals surface area contributed by atoms with Crippen LogP contribution < -0.4 is 0 Å². The molecule has 158 valence electrons. The van der Waals surface area contributed by atoms with Gasteiger partial charge < -0.3 is 9.42 Å². The molecule has 0 saturated carbocycles. The van der Waals surface area contributed by atoms with Crippen LogP contribution in [0.1, 0.15) is 15.6 Å². The zero-order valence-corrected chi connectivity index (χ0v) is 18.0. The van der Waals surface area contributed by atoms with Gasteiger partial charge in [0.25, 0.3) is 5.91 Å². The lowest BCUT2D eigenvalue weighted by atomic mass is 10.2. The van der Waals surface area contributed by atoms with Crippen molar-refractivity contribution in [3.63, 3.8) is 0 Å². The van der Waals surface area contributed by atoms with Crippen molar-refractivity contribution < 1.29 is 13.7 Å². The van der Waals surface area contributed by atoms with Crippen molar-refractivity contribution in [3.8, 4) is 21.3 Å². The molecule has 0 bridgehead atoms. The summed E-state index contributed by atoms with van der Waals surface area (Å²) in [7, 11) is 0. The molecule has 0 unspecified atom stereocenters. The molecule has 0 spiro atoms. The number of amides is 1. The van der Waals surface area contributed by atoms with Gasteiger partial charge in [-0.3, -0.25) is 9.69 Å². The van der Waals surface area contributed by atoms with Crippen molar-refractivity contribution in [1.29, 1.82) is 0 Å². The lowest BCUT2D eigenvalue weighted by molar-refractivity contribution is 0.0619. The Bertz CT molecular complexity index is 1180. The van der Waals surface area contributed by atoms with Crippen molar-refractivity contribution >= 4 is 28.6 Å². The number of thiophene rings is 1. The maximum atomic E-state index is 14.0. The van der Waals surface area contributed by atoms with Crippen LogP contribution in [0.15, 0.2) is 52.5 Å². The van der Waals surface area contributed by atoms with Gasteiger partial charge >= 0.3 is 0 Å². The van der Waals surface area contributed by atoms with Crippen LogP contribution in [0, 0.1) is 5.82 Å². The van der Waals surface area contributed by atoms with Crippen molar-refractivity contribution in [2.24, 2.45) is 0 Å². The Morgan fingerprint density at radius 2 is 1.97 bits per heavy atom. The molecule has 4 heterocycles. The van der Waals surface area contributed by atoms with Gasteiger partial charge in [0, 0.05) is 31.7 Å². The van der Waals surface area contributed by atoms with Gasteiger partial charge in [-0.1, -0.05) is 23.4 Å². The number of hydrogen-bond acceptors (Lipinski definition) is 8. The van der Waals surface area contributed by atoms with E-state index in [1.165, 1.54) is 23.6 Å². The Labute approximate surface area is 185 Å². The number of piperazine rings is 1. The quantitative estimate of drug-likeness (QED) is 0.453. The number of nitrogens with zero attached hydrogens (tertiary/aromatic N) is 5. The first kappa shape index (κ1) is 20.0. The summed E-state index contributed by atoms with van der Waals surface area (Å²) < 4.78 is 19.4. The molecule has 1 fully saturated rings. The van der Waals surface area contributed by atoms with Gasteiger partial charge in [-0.15, -0.1) is 22.7 Å². The summed E-state index contributed by atoms with van der Waals surface area (Å²) in [5, 5.41) is 6.53. The van der Waals surface area contributed by atoms with Gasteiger partial charge in [0.2, 0.25) is 11.7 Å². The van der Waals surface area contributed by atoms with Crippen LogP contribution in [0.3, 0.4) is 0 Å². The number of halogens is 1. The van der Waals surface area contributed by atoms with E-state index < -0.39 is 0 Å². The maximum absolute atomic E-state index is 14.0. The third-order valence-corrected chi connectivity index (χ3v) is 6.93. The minimum Gasteiger partial charge on any atom is -0.338 e. The van der Waals surface area contributed by atoms with E-state index >= 15 is 0 Å². The summed E-state index contributed by atoms with van der Waals surface area (Å²) in [5.41, 5.74) is 0.415. The molecule has 31 heavy (non-hydrogen) atoms. The average molecular weight is 456 g/mol. The number of carbonyl (C=O) groups excluding carboxylic acids is 1. The van der Waals surface area contributed by atoms with Crippen LogP contribution in [-0.4, -0.2) is 57.0 Å². The molecule has 0 atom stereocenters. The third-order valence-electron chi connectivity index (χ3n) is 5.05. The molecule has 0 radical (unpaired) electrons. The summed E-state index contributed by atoms with van der Waals surface area (Å²) in [6, 6.07) is 10.4. The van der Waals surface area contributed by atoms with Gasteiger partial charge in [-0.2, -0.15) is 4.98 Å². The third kappa shape index (κ3) is 4.27. The Balaban J connectivity index is 1.18. The fourth-order valence-corrected chi connectivity index (χ4v) is 4.97. The molecule has 10 heteroatoms. The predicted molar refractivity (Wildman–Crippen MR) is 116 cm³/mol. The number of rotatable bonds is 5. The summed E-state index contributed by atoms with van der Waals surface area (Å²) >= 11 is 2.79. The van der Waals surface area contributed by atoms with Crippen molar-refractivity contribution in [3.05, 3.63) is 64.6 Å². The van der Waals surface area contributed by atoms with Gasteiger partial charge in [0.05, 0.1) is 17.6 Å². The Morgan fingerprint density at radius 3 is 2.74 bits per heavy atom. The topological polar surface area (TPSA) is 75.4 Å². The van der Waals surface area contributed by atoms with Crippen LogP contribution in [0.25, 0.3) is 21.3 Å². The molecule has 7 nitrogen and oxygen atoms in total. The molecule has 1 aliphatic heterocycles. The molecule has 0 aliphatic carbocycles. The van der Waals surface area contributed by atoms with E-state index in [1.807, 2.05) is 17.5 Å². The molecule has 1 saturated heterocycles. The highest BCUT2D eigenvalue weighted by atomic mass is 32.1. The fourth-order valence-electron chi connectivity index (χ4n) is 3.41. The zero-order chi connectivity index (χ0) is 21.2. The van der Waals surface area contributed by atoms with E-state index in [4.69, 9.17) is 4.52 Å². The molecule has 4 aromatic rings. The SMILES string of the molecule is O=C(c1cnc(-c2ccccc2F)s1)N1CCN(Cc2nc(-c3cccs3)no2)CC1. The molecule has 0 N–H and O–H groups in total. The highest BCUT2D eigenvalue weighted by molar-refractivity contribution is 7.16. The van der Waals surface area contributed by atoms with E-state index in [2.05, 4.69) is 20.0 Å². The highest BCUT2D eigenvalue weighted by Crippen LogP contribution is 2.28. The Kier molecular flexibility index (Phi) is 5.58. The standard InChI is InChI=1S/C21H18FN5O2S2/c22-15-5-2-1-4-14(15)20-23-12-17(31-20)21(28)27-9-7-26(8-10-27)13-18-24-19(25-29-18)16-6-3-11-30-16/h1-6,11-12H,7-10,13H2. The van der Waals surface area contributed by atoms with Crippen LogP contribution in [0.5, 0.6) is 0 Å². The Hall–Kier alpha value is -2.95. The van der Waals surface area contributed by atoms with Crippen molar-refractivity contribution in [1.82, 2.24) is 24.9 Å². The molecule has 1 amide bonds. The van der Waals surface area contributed by atoms with Gasteiger partial charge in [-0.05, 0) is 23.6 Å². The minimum atomic E-state index is -0.340. The largest absolute Gasteiger partial charge is 0.338 e. The van der Waals surface area contributed by atoms with E-state index in [0.717, 1.165) is 4.88 Å². The average Bonchev–Trinajstić information content (AvgIpc) is 3.55. The van der Waals surface area contributed by atoms with Gasteiger partial charge in [-0.25, -0.2) is 9.37 Å². The summed E-state index contributed by atoms with van der Waals surface area (Å²) in [4.78, 5) is 27.1. The molecule has 1 aliphatic rings. The summed E-state index contributed by atoms with van der Waals surface area (Å²) in [6.07, 6.45) is 1.53. The maximum Gasteiger partial charge on any atom is 0.265 e. The fraction of sp³-hybridized carbons (Fsp3) is 0.238. The zero-order valence-electron chi connectivity index (χ0n) is 16.4. The van der Waals surface area contributed by atoms with Crippen LogP contribution in [0.4, 0.5) is 4.39 Å². The van der Waals surface area contributed by atoms with Crippen LogP contribution in [-0.2, 0) is 6.54 Å². The second-order valence-corrected chi connectivity index (χ2v) is 9.05. The smallest absolute Gasteiger partial charge is 0.265 e. The first-order valence-electron chi connectivity index (χ1n) is 9.76. The van der Waals surface area contributed by atoms with Crippen LogP contribution in [0.2, 0.25) is 0 Å². The first-order valence-corrected chi connectivity index (χ1v) is 11.5. The molecule has 5 rings (SSSR count). The summed E-state index contributed by atoms with van der Waals surface area (Å²) in [5.74, 6) is 0.764. The molecule has 1 aromatic carbocycles. The molecule has 3 aromatic heterocycles. The van der Waals surface area contributed by atoms with E-state index in [-0.39, 0.29) is 11.7 Å². The normalized spacial score (nSPS) is 14.8. The van der Waals surface area contributed by atoms with Crippen molar-refractivity contribution in [2.75, 3.05) is 26.2 Å². The summed E-state index contributed by atoms with van der Waals surface area (Å²) in [6.45, 7) is 3.16. The second-order valence-electron chi connectivity index (χ2n) is 7.07. The number of hydrogen-bond donors (Lipinski definition) is 0. The van der Waals surface area contributed by atoms with Crippen molar-refractivity contribution in [2.45, 2.75) is 6.54 Å². The number of benzene rings is 1.